The smallest absolute Gasteiger partial charge is 0.352 e. The monoisotopic (exact) mass is 269 g/mol. The van der Waals surface area contributed by atoms with E-state index in [1.54, 1.807) is 0 Å². The van der Waals surface area contributed by atoms with Crippen LogP contribution in [0.25, 0.3) is 0 Å². The van der Waals surface area contributed by atoms with Gasteiger partial charge in [0.05, 0.1) is 11.1 Å². The predicted molar refractivity (Wildman–Crippen MR) is 66.5 cm³/mol. The van der Waals surface area contributed by atoms with Crippen LogP contribution in [0.5, 0.6) is 0 Å². The molecule has 2 nitrogen and oxygen atoms in total. The maximum atomic E-state index is 12.7. The summed E-state index contributed by atoms with van der Waals surface area (Å²) in [5.41, 5.74) is -1.27. The summed E-state index contributed by atoms with van der Waals surface area (Å²) >= 11 is 0. The molecule has 0 heterocycles. The number of hydrogen-bond acceptors (Lipinski definition) is 1. The Labute approximate surface area is 110 Å². The first kappa shape index (κ1) is 15.1. The normalized spacial score (nSPS) is 10.8. The Bertz CT molecular complexity index is 474. The summed E-state index contributed by atoms with van der Waals surface area (Å²) in [6.45, 7) is 0.312. The zero-order chi connectivity index (χ0) is 14.3. The molecule has 0 spiro atoms. The maximum absolute atomic E-state index is 12.7. The molecule has 0 bridgehead atoms. The molecule has 102 valence electrons. The lowest BCUT2D eigenvalue weighted by molar-refractivity contribution is -0.137. The van der Waals surface area contributed by atoms with E-state index in [1.807, 2.05) is 0 Å². The lowest BCUT2D eigenvalue weighted by Crippen LogP contribution is -2.27. The predicted octanol–water partition coefficient (Wildman–Crippen LogP) is 3.24. The number of carbonyl (C=O) groups is 1. The van der Waals surface area contributed by atoms with Gasteiger partial charge in [-0.05, 0) is 25.0 Å². The van der Waals surface area contributed by atoms with Gasteiger partial charge in [-0.3, -0.25) is 4.79 Å². The van der Waals surface area contributed by atoms with Crippen LogP contribution in [0.3, 0.4) is 0 Å². The van der Waals surface area contributed by atoms with Gasteiger partial charge in [-0.25, -0.2) is 0 Å². The fraction of sp³-hybridized carbons (Fsp3) is 0.357. The molecule has 0 saturated carbocycles. The number of hydrogen-bond donors (Lipinski definition) is 1. The van der Waals surface area contributed by atoms with Crippen molar-refractivity contribution < 1.29 is 18.0 Å². The molecule has 0 aliphatic heterocycles. The Balaban J connectivity index is 2.65. The van der Waals surface area contributed by atoms with E-state index in [1.165, 1.54) is 18.2 Å². The summed E-state index contributed by atoms with van der Waals surface area (Å²) in [7, 11) is 0. The zero-order valence-electron chi connectivity index (χ0n) is 10.3. The van der Waals surface area contributed by atoms with Crippen LogP contribution in [0.15, 0.2) is 24.3 Å². The highest BCUT2D eigenvalue weighted by Crippen LogP contribution is 2.31. The van der Waals surface area contributed by atoms with Crippen molar-refractivity contribution in [1.29, 1.82) is 0 Å². The second-order valence-corrected chi connectivity index (χ2v) is 3.96. The minimum Gasteiger partial charge on any atom is -0.352 e. The van der Waals surface area contributed by atoms with Gasteiger partial charge in [-0.2, -0.15) is 13.2 Å². The van der Waals surface area contributed by atoms with Gasteiger partial charge < -0.3 is 5.32 Å². The maximum Gasteiger partial charge on any atom is 0.417 e. The molecule has 1 N–H and O–H groups in total. The van der Waals surface area contributed by atoms with Crippen LogP contribution in [0, 0.1) is 12.3 Å². The molecule has 0 radical (unpaired) electrons. The molecule has 19 heavy (non-hydrogen) atoms. The topological polar surface area (TPSA) is 29.1 Å². The lowest BCUT2D eigenvalue weighted by Gasteiger charge is -2.12. The highest BCUT2D eigenvalue weighted by Gasteiger charge is 2.34. The summed E-state index contributed by atoms with van der Waals surface area (Å²) in [5.74, 6) is 1.74. The average molecular weight is 269 g/mol. The molecule has 0 aromatic heterocycles. The van der Waals surface area contributed by atoms with Crippen molar-refractivity contribution in [3.05, 3.63) is 35.4 Å². The van der Waals surface area contributed by atoms with Gasteiger partial charge in [0.1, 0.15) is 0 Å². The summed E-state index contributed by atoms with van der Waals surface area (Å²) in [4.78, 5) is 11.7. The molecule has 0 atom stereocenters. The van der Waals surface area contributed by atoms with Gasteiger partial charge in [0.15, 0.2) is 0 Å². The number of rotatable bonds is 5. The van der Waals surface area contributed by atoms with Crippen LogP contribution in [0.2, 0.25) is 0 Å². The quantitative estimate of drug-likeness (QED) is 0.645. The van der Waals surface area contributed by atoms with E-state index in [0.29, 0.717) is 19.4 Å². The van der Waals surface area contributed by atoms with Crippen LogP contribution >= 0.6 is 0 Å². The summed E-state index contributed by atoms with van der Waals surface area (Å²) in [5, 5.41) is 2.46. The van der Waals surface area contributed by atoms with E-state index >= 15 is 0 Å². The lowest BCUT2D eigenvalue weighted by atomic mass is 10.1. The summed E-state index contributed by atoms with van der Waals surface area (Å²) in [6.07, 6.45) is 2.51. The third kappa shape index (κ3) is 4.66. The number of alkyl halides is 3. The van der Waals surface area contributed by atoms with Gasteiger partial charge >= 0.3 is 6.18 Å². The van der Waals surface area contributed by atoms with Gasteiger partial charge in [-0.15, -0.1) is 12.3 Å². The first-order valence-corrected chi connectivity index (χ1v) is 5.84. The first-order valence-electron chi connectivity index (χ1n) is 5.84. The third-order valence-corrected chi connectivity index (χ3v) is 2.51. The molecular weight excluding hydrogens is 255 g/mol. The number of benzene rings is 1. The minimum absolute atomic E-state index is 0.312. The molecular formula is C14H14F3NO. The number of carbonyl (C=O) groups excluding carboxylic acids is 1. The van der Waals surface area contributed by atoms with Crippen LogP contribution < -0.4 is 5.32 Å². The van der Waals surface area contributed by atoms with Crippen LogP contribution in [0.1, 0.15) is 35.2 Å². The van der Waals surface area contributed by atoms with Gasteiger partial charge in [0.25, 0.3) is 5.91 Å². The van der Waals surface area contributed by atoms with Crippen molar-refractivity contribution in [2.45, 2.75) is 25.4 Å². The minimum atomic E-state index is -4.53. The van der Waals surface area contributed by atoms with Crippen molar-refractivity contribution in [2.24, 2.45) is 0 Å². The Morgan fingerprint density at radius 3 is 2.58 bits per heavy atom. The highest BCUT2D eigenvalue weighted by atomic mass is 19.4. The summed E-state index contributed by atoms with van der Waals surface area (Å²) < 4.78 is 38.1. The van der Waals surface area contributed by atoms with Crippen molar-refractivity contribution in [3.63, 3.8) is 0 Å². The fourth-order valence-electron chi connectivity index (χ4n) is 1.58. The second-order valence-electron chi connectivity index (χ2n) is 3.96. The molecule has 1 aromatic carbocycles. The van der Waals surface area contributed by atoms with Gasteiger partial charge in [-0.1, -0.05) is 12.1 Å². The average Bonchev–Trinajstić information content (AvgIpc) is 2.37. The molecule has 1 amide bonds. The molecule has 0 aliphatic carbocycles. The summed E-state index contributed by atoms with van der Waals surface area (Å²) in [6, 6.07) is 4.72. The largest absolute Gasteiger partial charge is 0.417 e. The Hall–Kier alpha value is -1.96. The Morgan fingerprint density at radius 1 is 1.26 bits per heavy atom. The highest BCUT2D eigenvalue weighted by molar-refractivity contribution is 5.95. The molecule has 1 rings (SSSR count). The van der Waals surface area contributed by atoms with Gasteiger partial charge in [0, 0.05) is 13.0 Å². The fourth-order valence-corrected chi connectivity index (χ4v) is 1.58. The Kier molecular flexibility index (Phi) is 5.43. The Morgan fingerprint density at radius 2 is 1.95 bits per heavy atom. The van der Waals surface area contributed by atoms with Crippen molar-refractivity contribution >= 4 is 5.91 Å². The number of amides is 1. The molecule has 0 aliphatic rings. The van der Waals surface area contributed by atoms with Crippen molar-refractivity contribution in [3.8, 4) is 12.3 Å². The number of terminal acetylenes is 1. The van der Waals surface area contributed by atoms with Crippen LogP contribution in [-0.2, 0) is 6.18 Å². The van der Waals surface area contributed by atoms with E-state index in [4.69, 9.17) is 6.42 Å². The molecule has 5 heteroatoms. The second kappa shape index (κ2) is 6.83. The SMILES string of the molecule is C#CCCCCNC(=O)c1ccccc1C(F)(F)F. The van der Waals surface area contributed by atoms with E-state index in [0.717, 1.165) is 12.5 Å². The van der Waals surface area contributed by atoms with Crippen LogP contribution in [-0.4, -0.2) is 12.5 Å². The molecule has 0 saturated heterocycles. The van der Waals surface area contributed by atoms with Crippen molar-refractivity contribution in [1.82, 2.24) is 5.32 Å². The van der Waals surface area contributed by atoms with E-state index in [9.17, 15) is 18.0 Å². The van der Waals surface area contributed by atoms with E-state index in [-0.39, 0.29) is 5.56 Å². The third-order valence-electron chi connectivity index (χ3n) is 2.51. The van der Waals surface area contributed by atoms with E-state index in [2.05, 4.69) is 11.2 Å². The molecule has 0 unspecified atom stereocenters. The first-order chi connectivity index (χ1) is 8.96. The number of unbranched alkanes of at least 4 members (excludes halogenated alkanes) is 2. The van der Waals surface area contributed by atoms with Gasteiger partial charge in [0.2, 0.25) is 0 Å². The van der Waals surface area contributed by atoms with Crippen molar-refractivity contribution in [2.75, 3.05) is 6.54 Å². The standard InChI is InChI=1S/C14H14F3NO/c1-2-3-4-7-10-18-13(19)11-8-5-6-9-12(11)14(15,16)17/h1,5-6,8-9H,3-4,7,10H2,(H,18,19). The zero-order valence-corrected chi connectivity index (χ0v) is 10.3. The van der Waals surface area contributed by atoms with Crippen LogP contribution in [0.4, 0.5) is 13.2 Å². The van der Waals surface area contributed by atoms with E-state index < -0.39 is 17.6 Å². The molecule has 1 aromatic rings. The number of halogens is 3. The molecule has 0 fully saturated rings. The number of nitrogens with one attached hydrogen (secondary N) is 1.